The Morgan fingerprint density at radius 2 is 0.621 bits per heavy atom. The molecule has 502 valence electrons. The van der Waals surface area contributed by atoms with E-state index in [1.807, 2.05) is 21.1 Å². The van der Waals surface area contributed by atoms with Crippen LogP contribution in [0.4, 0.5) is 0 Å². The Kier molecular flexibility index (Phi) is 65.2. The molecule has 0 spiro atoms. The van der Waals surface area contributed by atoms with Crippen molar-refractivity contribution in [3.8, 4) is 0 Å². The third-order valence-corrected chi connectivity index (χ3v) is 15.8. The highest BCUT2D eigenvalue weighted by Gasteiger charge is 2.25. The summed E-state index contributed by atoms with van der Waals surface area (Å²) in [4.78, 5) is 37.6. The van der Waals surface area contributed by atoms with Crippen molar-refractivity contribution in [2.24, 2.45) is 0 Å². The highest BCUT2D eigenvalue weighted by atomic mass is 16.7. The average Bonchev–Trinajstić information content (AvgIpc) is 3.55. The SMILES string of the molecule is CC/C=C\C/C=C\C/C=C\C/C=C\CCCCCCCCCCCCCCCCCCCCCCCCCCCCC(=O)OC(COC(=O)CCCCCCCCCCCC/C=C\C/C=C\C/C=C\C/C=C\CC)COC(OCC[N+](C)(C)C)C(=O)O. The Bertz CT molecular complexity index is 1750. The Labute approximate surface area is 537 Å². The number of unbranched alkanes of at least 4 members (excludes halogenated alkanes) is 36. The number of likely N-dealkylation sites (N-methyl/N-ethyl adjacent to an activating group) is 1. The van der Waals surface area contributed by atoms with Gasteiger partial charge in [0, 0.05) is 12.8 Å². The van der Waals surface area contributed by atoms with Crippen molar-refractivity contribution in [3.05, 3.63) is 97.2 Å². The molecule has 0 aliphatic carbocycles. The van der Waals surface area contributed by atoms with Crippen LogP contribution in [-0.4, -0.2) is 87.4 Å². The summed E-state index contributed by atoms with van der Waals surface area (Å²) in [6, 6.07) is 0. The van der Waals surface area contributed by atoms with Crippen molar-refractivity contribution in [2.75, 3.05) is 47.5 Å². The van der Waals surface area contributed by atoms with Gasteiger partial charge in [-0.3, -0.25) is 9.59 Å². The van der Waals surface area contributed by atoms with Crippen LogP contribution in [0.5, 0.6) is 0 Å². The molecule has 0 saturated heterocycles. The molecular formula is C78H138NO8+. The van der Waals surface area contributed by atoms with E-state index in [2.05, 4.69) is 111 Å². The van der Waals surface area contributed by atoms with Gasteiger partial charge in [0.05, 0.1) is 34.4 Å². The first-order chi connectivity index (χ1) is 42.6. The molecule has 0 radical (unpaired) electrons. The molecule has 2 atom stereocenters. The second-order valence-corrected chi connectivity index (χ2v) is 25.5. The van der Waals surface area contributed by atoms with Gasteiger partial charge in [-0.1, -0.05) is 317 Å². The number of ether oxygens (including phenoxy) is 4. The Morgan fingerprint density at radius 1 is 0.345 bits per heavy atom. The molecule has 0 fully saturated rings. The Morgan fingerprint density at radius 3 is 0.920 bits per heavy atom. The summed E-state index contributed by atoms with van der Waals surface area (Å²) in [5.41, 5.74) is 0. The molecule has 0 aliphatic heterocycles. The fraction of sp³-hybridized carbons (Fsp3) is 0.756. The van der Waals surface area contributed by atoms with Crippen molar-refractivity contribution >= 4 is 17.9 Å². The number of quaternary nitrogens is 1. The van der Waals surface area contributed by atoms with Crippen LogP contribution in [-0.2, 0) is 33.3 Å². The highest BCUT2D eigenvalue weighted by molar-refractivity contribution is 5.71. The molecule has 0 aromatic heterocycles. The molecule has 0 aromatic carbocycles. The van der Waals surface area contributed by atoms with Crippen molar-refractivity contribution in [1.29, 1.82) is 0 Å². The van der Waals surface area contributed by atoms with Gasteiger partial charge in [-0.25, -0.2) is 4.79 Å². The molecule has 1 N–H and O–H groups in total. The normalized spacial score (nSPS) is 13.3. The van der Waals surface area contributed by atoms with Gasteiger partial charge < -0.3 is 28.5 Å². The predicted molar refractivity (Wildman–Crippen MR) is 373 cm³/mol. The molecule has 0 heterocycles. The smallest absolute Gasteiger partial charge is 0.361 e. The largest absolute Gasteiger partial charge is 0.477 e. The molecule has 0 saturated carbocycles. The Balaban J connectivity index is 4.00. The van der Waals surface area contributed by atoms with Crippen LogP contribution in [0, 0.1) is 0 Å². The minimum atomic E-state index is -1.51. The maximum Gasteiger partial charge on any atom is 0.361 e. The summed E-state index contributed by atoms with van der Waals surface area (Å²) in [5, 5.41) is 9.75. The number of carbonyl (C=O) groups is 3. The number of nitrogens with zero attached hydrogens (tertiary/aromatic N) is 1. The second-order valence-electron chi connectivity index (χ2n) is 25.5. The quantitative estimate of drug-likeness (QED) is 0.0211. The maximum absolute atomic E-state index is 13.0. The molecule has 9 nitrogen and oxygen atoms in total. The summed E-state index contributed by atoms with van der Waals surface area (Å²) in [5.74, 6) is -2.00. The zero-order chi connectivity index (χ0) is 63.3. The van der Waals surface area contributed by atoms with Crippen LogP contribution in [0.25, 0.3) is 0 Å². The van der Waals surface area contributed by atoms with E-state index in [9.17, 15) is 19.5 Å². The summed E-state index contributed by atoms with van der Waals surface area (Å²) in [7, 11) is 5.98. The van der Waals surface area contributed by atoms with E-state index in [-0.39, 0.29) is 32.2 Å². The number of carboxylic acid groups (broad SMARTS) is 1. The van der Waals surface area contributed by atoms with Crippen LogP contribution >= 0.6 is 0 Å². The number of aliphatic carboxylic acids is 1. The molecular weight excluding hydrogens is 1080 g/mol. The zero-order valence-electron chi connectivity index (χ0n) is 57.4. The van der Waals surface area contributed by atoms with Crippen molar-refractivity contribution in [3.63, 3.8) is 0 Å². The summed E-state index contributed by atoms with van der Waals surface area (Å²) < 4.78 is 23.0. The topological polar surface area (TPSA) is 108 Å². The summed E-state index contributed by atoms with van der Waals surface area (Å²) in [6.45, 7) is 4.68. The minimum Gasteiger partial charge on any atom is -0.477 e. The van der Waals surface area contributed by atoms with Gasteiger partial charge in [0.15, 0.2) is 6.10 Å². The third-order valence-electron chi connectivity index (χ3n) is 15.8. The number of allylic oxidation sites excluding steroid dienone is 16. The molecule has 0 rings (SSSR count). The molecule has 9 heteroatoms. The minimum absolute atomic E-state index is 0.184. The lowest BCUT2D eigenvalue weighted by Gasteiger charge is -2.25. The van der Waals surface area contributed by atoms with E-state index in [1.165, 1.54) is 199 Å². The number of rotatable bonds is 67. The monoisotopic (exact) mass is 1220 g/mol. The van der Waals surface area contributed by atoms with Crippen molar-refractivity contribution in [2.45, 2.75) is 334 Å². The van der Waals surface area contributed by atoms with Gasteiger partial charge in [-0.05, 0) is 89.9 Å². The zero-order valence-corrected chi connectivity index (χ0v) is 57.4. The molecule has 0 bridgehead atoms. The molecule has 87 heavy (non-hydrogen) atoms. The molecule has 0 aliphatic rings. The van der Waals surface area contributed by atoms with Crippen LogP contribution in [0.2, 0.25) is 0 Å². The number of hydrogen-bond acceptors (Lipinski definition) is 7. The van der Waals surface area contributed by atoms with Gasteiger partial charge in [-0.15, -0.1) is 0 Å². The first-order valence-electron chi connectivity index (χ1n) is 36.4. The van der Waals surface area contributed by atoms with E-state index in [0.717, 1.165) is 96.3 Å². The van der Waals surface area contributed by atoms with Crippen LogP contribution in [0.1, 0.15) is 322 Å². The van der Waals surface area contributed by atoms with Crippen LogP contribution in [0.15, 0.2) is 97.2 Å². The molecule has 0 amide bonds. The average molecular weight is 1220 g/mol. The lowest BCUT2D eigenvalue weighted by atomic mass is 10.0. The first-order valence-corrected chi connectivity index (χ1v) is 36.4. The Hall–Kier alpha value is -3.79. The standard InChI is InChI=1S/C78H137NO8/c1-6-8-10-12-14-16-18-20-22-24-26-28-30-31-32-33-34-35-36-37-38-39-40-41-42-43-44-45-47-49-51-53-55-57-59-61-63-65-67-69-76(81)87-74(73-86-78(77(82)83)84-71-70-79(3,4)5)72-85-75(80)68-66-64-62-60-58-56-54-52-50-48-46-29-27-25-23-21-19-17-15-13-11-9-7-2/h8-11,14-17,20-23,26-29,74,78H,6-7,12-13,18-19,24-25,30-73H2,1-5H3/p+1/b10-8-,11-9-,16-14-,17-15-,22-20-,23-21-,28-26-,29-27-. The van der Waals surface area contributed by atoms with E-state index in [0.29, 0.717) is 17.4 Å². The van der Waals surface area contributed by atoms with Gasteiger partial charge in [0.1, 0.15) is 13.2 Å². The molecule has 2 unspecified atom stereocenters. The van der Waals surface area contributed by atoms with Gasteiger partial charge >= 0.3 is 17.9 Å². The number of carboxylic acids is 1. The predicted octanol–water partition coefficient (Wildman–Crippen LogP) is 22.8. The lowest BCUT2D eigenvalue weighted by molar-refractivity contribution is -0.870. The van der Waals surface area contributed by atoms with Gasteiger partial charge in [0.25, 0.3) is 6.29 Å². The summed E-state index contributed by atoms with van der Waals surface area (Å²) in [6.07, 6.45) is 91.1. The third kappa shape index (κ3) is 69.5. The van der Waals surface area contributed by atoms with Crippen molar-refractivity contribution < 1.29 is 42.9 Å². The van der Waals surface area contributed by atoms with Crippen molar-refractivity contribution in [1.82, 2.24) is 0 Å². The van der Waals surface area contributed by atoms with E-state index in [4.69, 9.17) is 18.9 Å². The molecule has 0 aromatic rings. The number of hydrogen-bond donors (Lipinski definition) is 1. The van der Waals surface area contributed by atoms with Gasteiger partial charge in [-0.2, -0.15) is 0 Å². The number of esters is 2. The first kappa shape index (κ1) is 83.2. The van der Waals surface area contributed by atoms with Crippen LogP contribution < -0.4 is 0 Å². The van der Waals surface area contributed by atoms with E-state index in [1.54, 1.807) is 0 Å². The van der Waals surface area contributed by atoms with Gasteiger partial charge in [0.2, 0.25) is 0 Å². The summed E-state index contributed by atoms with van der Waals surface area (Å²) >= 11 is 0. The van der Waals surface area contributed by atoms with Crippen LogP contribution in [0.3, 0.4) is 0 Å². The van der Waals surface area contributed by atoms with E-state index < -0.39 is 24.3 Å². The number of carbonyl (C=O) groups excluding carboxylic acids is 2. The fourth-order valence-corrected chi connectivity index (χ4v) is 10.4. The van der Waals surface area contributed by atoms with E-state index >= 15 is 0 Å². The second kappa shape index (κ2) is 68.1. The lowest BCUT2D eigenvalue weighted by Crippen LogP contribution is -2.40. The fourth-order valence-electron chi connectivity index (χ4n) is 10.4. The highest BCUT2D eigenvalue weighted by Crippen LogP contribution is 2.18. The maximum atomic E-state index is 13.0.